The van der Waals surface area contributed by atoms with Crippen LogP contribution in [-0.4, -0.2) is 51.1 Å². The summed E-state index contributed by atoms with van der Waals surface area (Å²) < 4.78 is 4.71. The highest BCUT2D eigenvalue weighted by molar-refractivity contribution is 7.13. The third-order valence-electron chi connectivity index (χ3n) is 4.41. The molecule has 3 aromatic rings. The first-order valence-corrected chi connectivity index (χ1v) is 9.14. The molecule has 0 atom stereocenters. The molecule has 1 fully saturated rings. The predicted octanol–water partition coefficient (Wildman–Crippen LogP) is 2.55. The monoisotopic (exact) mass is 357 g/mol. The van der Waals surface area contributed by atoms with Crippen molar-refractivity contribution in [3.63, 3.8) is 0 Å². The van der Waals surface area contributed by atoms with Gasteiger partial charge in [-0.25, -0.2) is 9.61 Å². The molecule has 0 saturated carbocycles. The van der Waals surface area contributed by atoms with Gasteiger partial charge in [0.05, 0.1) is 12.7 Å². The van der Waals surface area contributed by atoms with Gasteiger partial charge < -0.3 is 4.90 Å². The Bertz CT molecular complexity index is 884. The van der Waals surface area contributed by atoms with E-state index in [-0.39, 0.29) is 5.91 Å². The maximum Gasteiger partial charge on any atom is 0.265 e. The fourth-order valence-corrected chi connectivity index (χ4v) is 4.03. The highest BCUT2D eigenvalue weighted by Crippen LogP contribution is 2.20. The zero-order valence-corrected chi connectivity index (χ0v) is 14.8. The third-order valence-corrected chi connectivity index (χ3v) is 5.38. The molecule has 0 spiro atoms. The van der Waals surface area contributed by atoms with Gasteiger partial charge in [0.25, 0.3) is 5.91 Å². The standard InChI is InChI=1S/C17H19N5O2S/c1-21(10-12-4-5-13-14(8-12)20-24-19-13)17(23)15-9-18-16(25-15)11-22-6-2-3-7-22/h4-5,8-9H,2-3,6-7,10-11H2,1H3. The predicted molar refractivity (Wildman–Crippen MR) is 94.2 cm³/mol. The lowest BCUT2D eigenvalue weighted by Gasteiger charge is -2.16. The first-order chi connectivity index (χ1) is 12.2. The van der Waals surface area contributed by atoms with E-state index in [2.05, 4.69) is 20.2 Å². The van der Waals surface area contributed by atoms with Crippen LogP contribution >= 0.6 is 11.3 Å². The van der Waals surface area contributed by atoms with E-state index >= 15 is 0 Å². The molecule has 130 valence electrons. The molecular weight excluding hydrogens is 338 g/mol. The van der Waals surface area contributed by atoms with E-state index in [0.29, 0.717) is 22.5 Å². The van der Waals surface area contributed by atoms with Crippen molar-refractivity contribution < 1.29 is 9.42 Å². The Balaban J connectivity index is 1.41. The maximum atomic E-state index is 12.6. The summed E-state index contributed by atoms with van der Waals surface area (Å²) >= 11 is 1.49. The summed E-state index contributed by atoms with van der Waals surface area (Å²) in [4.78, 5) is 21.8. The minimum Gasteiger partial charge on any atom is -0.337 e. The van der Waals surface area contributed by atoms with Gasteiger partial charge in [-0.2, -0.15) is 0 Å². The van der Waals surface area contributed by atoms with Gasteiger partial charge in [0.2, 0.25) is 0 Å². The second-order valence-corrected chi connectivity index (χ2v) is 7.47. The highest BCUT2D eigenvalue weighted by Gasteiger charge is 2.18. The lowest BCUT2D eigenvalue weighted by molar-refractivity contribution is 0.0789. The molecule has 0 bridgehead atoms. The lowest BCUT2D eigenvalue weighted by atomic mass is 10.2. The average Bonchev–Trinajstić information content (AvgIpc) is 3.35. The van der Waals surface area contributed by atoms with E-state index in [9.17, 15) is 4.79 Å². The topological polar surface area (TPSA) is 75.4 Å². The van der Waals surface area contributed by atoms with Crippen LogP contribution in [0.15, 0.2) is 29.0 Å². The van der Waals surface area contributed by atoms with E-state index in [4.69, 9.17) is 4.63 Å². The summed E-state index contributed by atoms with van der Waals surface area (Å²) in [5.41, 5.74) is 2.40. The fourth-order valence-electron chi connectivity index (χ4n) is 3.07. The highest BCUT2D eigenvalue weighted by atomic mass is 32.1. The molecule has 4 rings (SSSR count). The summed E-state index contributed by atoms with van der Waals surface area (Å²) in [5, 5.41) is 8.64. The van der Waals surface area contributed by atoms with Crippen LogP contribution in [0.25, 0.3) is 11.0 Å². The van der Waals surface area contributed by atoms with E-state index < -0.39 is 0 Å². The van der Waals surface area contributed by atoms with Crippen LogP contribution in [0.3, 0.4) is 0 Å². The number of thiazole rings is 1. The summed E-state index contributed by atoms with van der Waals surface area (Å²) in [7, 11) is 1.80. The summed E-state index contributed by atoms with van der Waals surface area (Å²) in [6, 6.07) is 5.67. The third kappa shape index (κ3) is 3.54. The van der Waals surface area contributed by atoms with Gasteiger partial charge in [0.15, 0.2) is 0 Å². The van der Waals surface area contributed by atoms with Crippen molar-refractivity contribution in [2.24, 2.45) is 0 Å². The second kappa shape index (κ2) is 6.89. The summed E-state index contributed by atoms with van der Waals surface area (Å²) in [6.45, 7) is 3.60. The SMILES string of the molecule is CN(Cc1ccc2nonc2c1)C(=O)c1cnc(CN2CCCC2)s1. The van der Waals surface area contributed by atoms with Crippen LogP contribution in [-0.2, 0) is 13.1 Å². The smallest absolute Gasteiger partial charge is 0.265 e. The van der Waals surface area contributed by atoms with Gasteiger partial charge in [0, 0.05) is 13.6 Å². The first-order valence-electron chi connectivity index (χ1n) is 8.33. The van der Waals surface area contributed by atoms with E-state index in [0.717, 1.165) is 30.2 Å². The van der Waals surface area contributed by atoms with Gasteiger partial charge >= 0.3 is 0 Å². The number of nitrogens with zero attached hydrogens (tertiary/aromatic N) is 5. The number of carbonyl (C=O) groups excluding carboxylic acids is 1. The number of rotatable bonds is 5. The number of hydrogen-bond acceptors (Lipinski definition) is 7. The van der Waals surface area contributed by atoms with Gasteiger partial charge in [-0.05, 0) is 53.9 Å². The molecule has 7 nitrogen and oxygen atoms in total. The van der Waals surface area contributed by atoms with Crippen LogP contribution in [0.1, 0.15) is 33.1 Å². The Morgan fingerprint density at radius 1 is 1.28 bits per heavy atom. The molecule has 0 radical (unpaired) electrons. The van der Waals surface area contributed by atoms with Crippen molar-refractivity contribution in [1.82, 2.24) is 25.1 Å². The molecule has 25 heavy (non-hydrogen) atoms. The quantitative estimate of drug-likeness (QED) is 0.698. The van der Waals surface area contributed by atoms with Crippen LogP contribution in [0, 0.1) is 0 Å². The largest absolute Gasteiger partial charge is 0.337 e. The number of fused-ring (bicyclic) bond motifs is 1. The minimum atomic E-state index is -0.0106. The van der Waals surface area contributed by atoms with Crippen molar-refractivity contribution >= 4 is 28.3 Å². The van der Waals surface area contributed by atoms with Crippen molar-refractivity contribution in [3.8, 4) is 0 Å². The van der Waals surface area contributed by atoms with Crippen LogP contribution in [0.4, 0.5) is 0 Å². The first kappa shape index (κ1) is 16.2. The zero-order valence-electron chi connectivity index (χ0n) is 14.0. The number of amides is 1. The molecule has 8 heteroatoms. The van der Waals surface area contributed by atoms with Gasteiger partial charge in [-0.1, -0.05) is 6.07 Å². The zero-order chi connectivity index (χ0) is 17.2. The van der Waals surface area contributed by atoms with Crippen molar-refractivity contribution in [1.29, 1.82) is 0 Å². The maximum absolute atomic E-state index is 12.6. The molecule has 1 amide bonds. The summed E-state index contributed by atoms with van der Waals surface area (Å²) in [6.07, 6.45) is 4.20. The van der Waals surface area contributed by atoms with Crippen molar-refractivity contribution in [2.75, 3.05) is 20.1 Å². The fraction of sp³-hybridized carbons (Fsp3) is 0.412. The Morgan fingerprint density at radius 3 is 2.92 bits per heavy atom. The number of likely N-dealkylation sites (tertiary alicyclic amines) is 1. The molecular formula is C17H19N5O2S. The van der Waals surface area contributed by atoms with Crippen LogP contribution in [0.5, 0.6) is 0 Å². The molecule has 1 aliphatic heterocycles. The molecule has 1 saturated heterocycles. The number of hydrogen-bond donors (Lipinski definition) is 0. The number of carbonyl (C=O) groups is 1. The minimum absolute atomic E-state index is 0.0106. The van der Waals surface area contributed by atoms with Crippen LogP contribution < -0.4 is 0 Å². The van der Waals surface area contributed by atoms with E-state index in [1.54, 1.807) is 18.1 Å². The molecule has 1 aliphatic rings. The van der Waals surface area contributed by atoms with Crippen molar-refractivity contribution in [3.05, 3.63) is 39.8 Å². The Kier molecular flexibility index (Phi) is 4.46. The normalized spacial score (nSPS) is 15.1. The average molecular weight is 357 g/mol. The second-order valence-electron chi connectivity index (χ2n) is 6.35. The number of aromatic nitrogens is 3. The lowest BCUT2D eigenvalue weighted by Crippen LogP contribution is -2.25. The Morgan fingerprint density at radius 2 is 2.08 bits per heavy atom. The molecule has 0 N–H and O–H groups in total. The molecule has 0 unspecified atom stereocenters. The van der Waals surface area contributed by atoms with Gasteiger partial charge in [0.1, 0.15) is 20.9 Å². The summed E-state index contributed by atoms with van der Waals surface area (Å²) in [5.74, 6) is -0.0106. The molecule has 0 aliphatic carbocycles. The van der Waals surface area contributed by atoms with Crippen LogP contribution in [0.2, 0.25) is 0 Å². The molecule has 2 aromatic heterocycles. The Labute approximate surface area is 149 Å². The molecule has 3 heterocycles. The number of benzene rings is 1. The van der Waals surface area contributed by atoms with E-state index in [1.165, 1.54) is 24.2 Å². The van der Waals surface area contributed by atoms with E-state index in [1.807, 2.05) is 18.2 Å². The Hall–Kier alpha value is -2.32. The van der Waals surface area contributed by atoms with Gasteiger partial charge in [-0.3, -0.25) is 9.69 Å². The molecule has 1 aromatic carbocycles. The van der Waals surface area contributed by atoms with Gasteiger partial charge in [-0.15, -0.1) is 11.3 Å². The van der Waals surface area contributed by atoms with Crippen molar-refractivity contribution in [2.45, 2.75) is 25.9 Å².